The van der Waals surface area contributed by atoms with Crippen molar-refractivity contribution < 1.29 is 37.1 Å². The van der Waals surface area contributed by atoms with Crippen LogP contribution < -0.4 is 20.4 Å². The quantitative estimate of drug-likeness (QED) is 0.221. The summed E-state index contributed by atoms with van der Waals surface area (Å²) in [4.78, 5) is 59.6. The van der Waals surface area contributed by atoms with E-state index < -0.39 is 34.8 Å². The molecule has 0 unspecified atom stereocenters. The van der Waals surface area contributed by atoms with Crippen LogP contribution >= 0.6 is 12.2 Å². The Bertz CT molecular complexity index is 1920. The van der Waals surface area contributed by atoms with Crippen molar-refractivity contribution in [1.29, 1.82) is 5.26 Å². The number of hydrogen-bond donors (Lipinski definition) is 2. The van der Waals surface area contributed by atoms with Crippen molar-refractivity contribution >= 4 is 58.1 Å². The van der Waals surface area contributed by atoms with Crippen LogP contribution in [-0.2, 0) is 25.3 Å². The van der Waals surface area contributed by atoms with E-state index in [0.29, 0.717) is 30.8 Å². The van der Waals surface area contributed by atoms with Crippen molar-refractivity contribution in [3.05, 3.63) is 53.6 Å². The minimum absolute atomic E-state index is 0.00946. The summed E-state index contributed by atoms with van der Waals surface area (Å²) in [5.41, 5.74) is -1.52. The van der Waals surface area contributed by atoms with Crippen molar-refractivity contribution in [2.45, 2.75) is 102 Å². The number of amides is 5. The Morgan fingerprint density at radius 1 is 1.04 bits per heavy atom. The lowest BCUT2D eigenvalue weighted by Gasteiger charge is -2.44. The molecule has 1 saturated carbocycles. The molecule has 6 rings (SSSR count). The summed E-state index contributed by atoms with van der Waals surface area (Å²) in [6, 6.07) is 11.6. The zero-order valence-corrected chi connectivity index (χ0v) is 33.4. The lowest BCUT2D eigenvalue weighted by atomic mass is 9.89. The molecule has 3 saturated heterocycles. The van der Waals surface area contributed by atoms with Crippen molar-refractivity contribution in [1.82, 2.24) is 20.0 Å². The minimum atomic E-state index is -4.76. The molecule has 0 spiro atoms. The molecule has 0 aromatic heterocycles. The molecular formula is C40H49F3N8O5S. The number of nitrogens with zero attached hydrogens (tertiary/aromatic N) is 6. The third-order valence-electron chi connectivity index (χ3n) is 11.4. The molecule has 17 heteroatoms. The standard InChI is InChI=1S/C40H49F3N8O5S/c1-25-22-47(23-26(2)49(25)24-35(53)45-28-7-5-8-30(19-28)48-17-15-34(52)46-37(48)55)16-6-18-56-32-13-11-29(12-14-32)51-38(57)50(36(54)39(51,3)4)31-10-9-27(21-44)33(20-31)40(41,42)43/h5,7-10,19-20,25-26,29,32H,6,11-18,22-24H2,1-4H3,(H,45,53)(H,46,52,55)/t25-,26+,29?,32?. The van der Waals surface area contributed by atoms with Gasteiger partial charge in [-0.05, 0) is 108 Å². The van der Waals surface area contributed by atoms with Gasteiger partial charge in [0.1, 0.15) is 5.54 Å². The van der Waals surface area contributed by atoms with Gasteiger partial charge in [-0.25, -0.2) is 4.79 Å². The fourth-order valence-corrected chi connectivity index (χ4v) is 9.12. The van der Waals surface area contributed by atoms with Gasteiger partial charge in [0.15, 0.2) is 5.11 Å². The van der Waals surface area contributed by atoms with Gasteiger partial charge in [0.05, 0.1) is 35.5 Å². The number of benzene rings is 2. The van der Waals surface area contributed by atoms with Gasteiger partial charge in [0, 0.05) is 68.7 Å². The smallest absolute Gasteiger partial charge is 0.378 e. The number of thiocarbonyl (C=S) groups is 1. The van der Waals surface area contributed by atoms with E-state index in [4.69, 9.17) is 17.0 Å². The number of nitrogens with one attached hydrogen (secondary N) is 2. The number of rotatable bonds is 11. The number of urea groups is 1. The molecule has 2 atom stereocenters. The molecule has 13 nitrogen and oxygen atoms in total. The van der Waals surface area contributed by atoms with Crippen molar-refractivity contribution in [3.8, 4) is 6.07 Å². The number of anilines is 3. The first-order valence-electron chi connectivity index (χ1n) is 19.4. The molecule has 2 aromatic rings. The maximum atomic E-state index is 13.7. The Morgan fingerprint density at radius 2 is 1.74 bits per heavy atom. The molecule has 0 radical (unpaired) electrons. The van der Waals surface area contributed by atoms with Crippen LogP contribution in [0, 0.1) is 11.3 Å². The Hall–Kier alpha value is -4.63. The van der Waals surface area contributed by atoms with Crippen LogP contribution in [0.4, 0.5) is 35.0 Å². The van der Waals surface area contributed by atoms with Crippen molar-refractivity contribution in [2.24, 2.45) is 0 Å². The lowest BCUT2D eigenvalue weighted by Crippen LogP contribution is -2.58. The molecule has 4 fully saturated rings. The lowest BCUT2D eigenvalue weighted by molar-refractivity contribution is -0.137. The summed E-state index contributed by atoms with van der Waals surface area (Å²) in [7, 11) is 0. The second kappa shape index (κ2) is 17.1. The van der Waals surface area contributed by atoms with Crippen molar-refractivity contribution in [3.63, 3.8) is 0 Å². The monoisotopic (exact) mass is 810 g/mol. The Morgan fingerprint density at radius 3 is 2.39 bits per heavy atom. The van der Waals surface area contributed by atoms with E-state index in [1.807, 2.05) is 4.90 Å². The van der Waals surface area contributed by atoms with E-state index in [1.165, 1.54) is 11.0 Å². The second-order valence-corrected chi connectivity index (χ2v) is 16.2. The van der Waals surface area contributed by atoms with Crippen LogP contribution in [0.3, 0.4) is 0 Å². The summed E-state index contributed by atoms with van der Waals surface area (Å²) >= 11 is 5.73. The Labute approximate surface area is 336 Å². The van der Waals surface area contributed by atoms with E-state index >= 15 is 0 Å². The number of halogens is 3. The van der Waals surface area contributed by atoms with Gasteiger partial charge >= 0.3 is 12.2 Å². The molecule has 0 bridgehead atoms. The molecule has 2 aromatic carbocycles. The molecular weight excluding hydrogens is 762 g/mol. The topological polar surface area (TPSA) is 142 Å². The third-order valence-corrected chi connectivity index (χ3v) is 11.8. The van der Waals surface area contributed by atoms with Crippen LogP contribution in [0.2, 0.25) is 0 Å². The van der Waals surface area contributed by atoms with E-state index in [0.717, 1.165) is 55.9 Å². The summed E-state index contributed by atoms with van der Waals surface area (Å²) in [5, 5.41) is 14.6. The van der Waals surface area contributed by atoms with Crippen LogP contribution in [-0.4, -0.2) is 113 Å². The molecule has 57 heavy (non-hydrogen) atoms. The number of carbonyl (C=O) groups excluding carboxylic acids is 4. The number of carbonyl (C=O) groups is 4. The van der Waals surface area contributed by atoms with E-state index in [-0.39, 0.29) is 66.4 Å². The first-order chi connectivity index (χ1) is 27.0. The highest BCUT2D eigenvalue weighted by Crippen LogP contribution is 2.40. The van der Waals surface area contributed by atoms with E-state index in [9.17, 15) is 37.6 Å². The summed E-state index contributed by atoms with van der Waals surface area (Å²) in [5.74, 6) is -0.867. The van der Waals surface area contributed by atoms with Crippen LogP contribution in [0.25, 0.3) is 0 Å². The average Bonchev–Trinajstić information content (AvgIpc) is 3.33. The highest BCUT2D eigenvalue weighted by atomic mass is 32.1. The van der Waals surface area contributed by atoms with E-state index in [1.54, 1.807) is 44.2 Å². The molecule has 3 heterocycles. The fourth-order valence-electron chi connectivity index (χ4n) is 8.55. The number of piperazine rings is 1. The molecule has 2 N–H and O–H groups in total. The maximum Gasteiger partial charge on any atom is 0.417 e. The molecule has 4 aliphatic rings. The molecule has 306 valence electrons. The summed E-state index contributed by atoms with van der Waals surface area (Å²) in [6.07, 6.45) is -0.705. The van der Waals surface area contributed by atoms with Gasteiger partial charge < -0.3 is 19.9 Å². The normalized spacial score (nSPS) is 24.8. The van der Waals surface area contributed by atoms with Gasteiger partial charge in [0.25, 0.3) is 5.91 Å². The van der Waals surface area contributed by atoms with Crippen LogP contribution in [0.5, 0.6) is 0 Å². The molecule has 3 aliphatic heterocycles. The maximum absolute atomic E-state index is 13.7. The minimum Gasteiger partial charge on any atom is -0.378 e. The molecule has 5 amide bonds. The zero-order valence-electron chi connectivity index (χ0n) is 32.6. The number of nitriles is 1. The van der Waals surface area contributed by atoms with Crippen molar-refractivity contribution in [2.75, 3.05) is 54.4 Å². The summed E-state index contributed by atoms with van der Waals surface area (Å²) in [6.45, 7) is 11.3. The summed E-state index contributed by atoms with van der Waals surface area (Å²) < 4.78 is 47.5. The van der Waals surface area contributed by atoms with Gasteiger partial charge in [0.2, 0.25) is 11.8 Å². The predicted molar refractivity (Wildman–Crippen MR) is 211 cm³/mol. The van der Waals surface area contributed by atoms with Crippen LogP contribution in [0.1, 0.15) is 77.3 Å². The Kier molecular flexibility index (Phi) is 12.6. The van der Waals surface area contributed by atoms with Gasteiger partial charge in [-0.15, -0.1) is 0 Å². The van der Waals surface area contributed by atoms with Gasteiger partial charge in [-0.1, -0.05) is 6.07 Å². The number of ether oxygens (including phenoxy) is 1. The number of imide groups is 1. The highest BCUT2D eigenvalue weighted by Gasteiger charge is 2.52. The van der Waals surface area contributed by atoms with Crippen LogP contribution in [0.15, 0.2) is 42.5 Å². The fraction of sp³-hybridized carbons (Fsp3) is 0.550. The largest absolute Gasteiger partial charge is 0.417 e. The van der Waals surface area contributed by atoms with Gasteiger partial charge in [-0.2, -0.15) is 18.4 Å². The first-order valence-corrected chi connectivity index (χ1v) is 19.8. The second-order valence-electron chi connectivity index (χ2n) is 15.8. The molecule has 1 aliphatic carbocycles. The highest BCUT2D eigenvalue weighted by molar-refractivity contribution is 7.80. The van der Waals surface area contributed by atoms with E-state index in [2.05, 4.69) is 34.3 Å². The number of alkyl halides is 3. The first kappa shape index (κ1) is 42.0. The predicted octanol–water partition coefficient (Wildman–Crippen LogP) is 5.49. The zero-order chi connectivity index (χ0) is 41.2. The average molecular weight is 811 g/mol. The number of hydrogen-bond acceptors (Lipinski definition) is 9. The Balaban J connectivity index is 0.929. The SMILES string of the molecule is C[C@@H]1CN(CCCOC2CCC(N3C(=S)N(c4ccc(C#N)c(C(F)(F)F)c4)C(=O)C3(C)C)CC2)C[C@H](C)N1CC(=O)Nc1cccc(N2CCC(=O)NC2=O)c1. The third kappa shape index (κ3) is 9.25. The van der Waals surface area contributed by atoms with Gasteiger partial charge in [-0.3, -0.25) is 34.4 Å².